The molecule has 0 aromatic heterocycles. The van der Waals surface area contributed by atoms with Gasteiger partial charge in [0.25, 0.3) is 0 Å². The Bertz CT molecular complexity index is 809. The van der Waals surface area contributed by atoms with Gasteiger partial charge in [0, 0.05) is 25.3 Å². The maximum Gasteiger partial charge on any atom is 0.416 e. The summed E-state index contributed by atoms with van der Waals surface area (Å²) < 4.78 is 51.6. The molecule has 0 atom stereocenters. The molecule has 2 amide bonds. The van der Waals surface area contributed by atoms with Gasteiger partial charge in [0.2, 0.25) is 0 Å². The van der Waals surface area contributed by atoms with Crippen LogP contribution in [0.5, 0.6) is 0 Å². The van der Waals surface area contributed by atoms with Crippen LogP contribution in [0.15, 0.2) is 42.5 Å². The second-order valence-corrected chi connectivity index (χ2v) is 6.06. The number of anilines is 1. The first-order valence-corrected chi connectivity index (χ1v) is 7.81. The summed E-state index contributed by atoms with van der Waals surface area (Å²) in [6.45, 7) is 0.762. The molecule has 1 fully saturated rings. The smallest absolute Gasteiger partial charge is 0.318 e. The lowest BCUT2D eigenvalue weighted by atomic mass is 10.1. The maximum absolute atomic E-state index is 13.2. The van der Waals surface area contributed by atoms with E-state index in [1.165, 1.54) is 34.1 Å². The van der Waals surface area contributed by atoms with Crippen molar-refractivity contribution >= 4 is 23.3 Å². The third-order valence-electron chi connectivity index (χ3n) is 3.94. The van der Waals surface area contributed by atoms with Crippen molar-refractivity contribution < 1.29 is 22.4 Å². The lowest BCUT2D eigenvalue weighted by Gasteiger charge is -2.19. The fourth-order valence-electron chi connectivity index (χ4n) is 2.69. The molecule has 3 rings (SSSR count). The number of amides is 2. The van der Waals surface area contributed by atoms with Gasteiger partial charge in [-0.05, 0) is 35.9 Å². The molecular formula is C17H13ClF4N2O. The Morgan fingerprint density at radius 2 is 1.84 bits per heavy atom. The van der Waals surface area contributed by atoms with Crippen molar-refractivity contribution in [2.24, 2.45) is 0 Å². The summed E-state index contributed by atoms with van der Waals surface area (Å²) in [5.41, 5.74) is 0.0870. The molecule has 25 heavy (non-hydrogen) atoms. The number of hydrogen-bond donors (Lipinski definition) is 0. The van der Waals surface area contributed by atoms with Gasteiger partial charge in [0.05, 0.1) is 10.6 Å². The Balaban J connectivity index is 1.75. The topological polar surface area (TPSA) is 23.6 Å². The summed E-state index contributed by atoms with van der Waals surface area (Å²) in [6, 6.07) is 8.47. The fraction of sp³-hybridized carbons (Fsp3) is 0.235. The number of alkyl halides is 3. The van der Waals surface area contributed by atoms with Crippen molar-refractivity contribution in [2.45, 2.75) is 12.7 Å². The van der Waals surface area contributed by atoms with Crippen molar-refractivity contribution in [1.82, 2.24) is 4.90 Å². The van der Waals surface area contributed by atoms with Crippen LogP contribution in [-0.2, 0) is 12.7 Å². The quantitative estimate of drug-likeness (QED) is 0.700. The number of carbonyl (C=O) groups is 1. The summed E-state index contributed by atoms with van der Waals surface area (Å²) in [5.74, 6) is -0.585. The second kappa shape index (κ2) is 6.55. The van der Waals surface area contributed by atoms with Crippen molar-refractivity contribution in [3.05, 3.63) is 64.4 Å². The fourth-order valence-corrected chi connectivity index (χ4v) is 2.86. The minimum Gasteiger partial charge on any atom is -0.318 e. The third-order valence-corrected chi connectivity index (χ3v) is 4.23. The van der Waals surface area contributed by atoms with Crippen LogP contribution in [0.25, 0.3) is 0 Å². The highest BCUT2D eigenvalue weighted by Crippen LogP contribution is 2.30. The molecular weight excluding hydrogens is 360 g/mol. The zero-order valence-electron chi connectivity index (χ0n) is 12.9. The van der Waals surface area contributed by atoms with Crippen molar-refractivity contribution in [3.8, 4) is 0 Å². The number of benzene rings is 2. The van der Waals surface area contributed by atoms with Gasteiger partial charge in [0.1, 0.15) is 5.82 Å². The highest BCUT2D eigenvalue weighted by Gasteiger charge is 2.32. The molecule has 2 aromatic carbocycles. The van der Waals surface area contributed by atoms with E-state index in [1.807, 2.05) is 0 Å². The molecule has 0 spiro atoms. The van der Waals surface area contributed by atoms with Crippen molar-refractivity contribution in [1.29, 1.82) is 0 Å². The maximum atomic E-state index is 13.2. The van der Waals surface area contributed by atoms with Crippen LogP contribution in [-0.4, -0.2) is 24.0 Å². The minimum absolute atomic E-state index is 0.0637. The Labute approximate surface area is 146 Å². The van der Waals surface area contributed by atoms with Gasteiger partial charge in [-0.1, -0.05) is 23.7 Å². The van der Waals surface area contributed by atoms with Crippen LogP contribution in [0.3, 0.4) is 0 Å². The summed E-state index contributed by atoms with van der Waals surface area (Å²) in [6.07, 6.45) is -4.43. The van der Waals surface area contributed by atoms with Crippen LogP contribution in [0, 0.1) is 5.82 Å². The Kier molecular flexibility index (Phi) is 4.60. The molecule has 132 valence electrons. The van der Waals surface area contributed by atoms with Gasteiger partial charge >= 0.3 is 12.2 Å². The summed E-state index contributed by atoms with van der Waals surface area (Å²) >= 11 is 5.73. The predicted molar refractivity (Wildman–Crippen MR) is 86.0 cm³/mol. The molecule has 3 nitrogen and oxygen atoms in total. The molecule has 0 bridgehead atoms. The number of rotatable bonds is 3. The van der Waals surface area contributed by atoms with Gasteiger partial charge in [-0.25, -0.2) is 9.18 Å². The lowest BCUT2D eigenvalue weighted by Crippen LogP contribution is -2.31. The molecule has 0 N–H and O–H groups in total. The first kappa shape index (κ1) is 17.5. The van der Waals surface area contributed by atoms with Crippen LogP contribution in [0.1, 0.15) is 11.1 Å². The van der Waals surface area contributed by atoms with Crippen LogP contribution < -0.4 is 4.90 Å². The zero-order valence-corrected chi connectivity index (χ0v) is 13.6. The lowest BCUT2D eigenvalue weighted by molar-refractivity contribution is -0.137. The molecule has 0 aliphatic carbocycles. The zero-order chi connectivity index (χ0) is 18.2. The third kappa shape index (κ3) is 3.71. The highest BCUT2D eigenvalue weighted by atomic mass is 35.5. The predicted octanol–water partition coefficient (Wildman–Crippen LogP) is 4.94. The van der Waals surface area contributed by atoms with E-state index in [4.69, 9.17) is 11.6 Å². The average molecular weight is 373 g/mol. The van der Waals surface area contributed by atoms with Gasteiger partial charge in [-0.3, -0.25) is 4.90 Å². The molecule has 0 radical (unpaired) electrons. The van der Waals surface area contributed by atoms with E-state index in [2.05, 4.69) is 0 Å². The standard InChI is InChI=1S/C17H13ClF4N2O/c18-14-9-13(4-5-15(14)19)24-7-6-23(16(24)25)10-11-2-1-3-12(8-11)17(20,21)22/h1-5,8-9H,6-7,10H2. The average Bonchev–Trinajstić information content (AvgIpc) is 2.91. The monoisotopic (exact) mass is 372 g/mol. The Hall–Kier alpha value is -2.28. The van der Waals surface area contributed by atoms with E-state index in [-0.39, 0.29) is 17.6 Å². The first-order chi connectivity index (χ1) is 11.8. The SMILES string of the molecule is O=C1N(Cc2cccc(C(F)(F)F)c2)CCN1c1ccc(F)c(Cl)c1. The summed E-state index contributed by atoms with van der Waals surface area (Å²) in [4.78, 5) is 15.3. The largest absolute Gasteiger partial charge is 0.416 e. The van der Waals surface area contributed by atoms with Crippen LogP contribution in [0.2, 0.25) is 5.02 Å². The van der Waals surface area contributed by atoms with Gasteiger partial charge in [-0.15, -0.1) is 0 Å². The molecule has 1 saturated heterocycles. The molecule has 0 unspecified atom stereocenters. The van der Waals surface area contributed by atoms with E-state index < -0.39 is 17.6 Å². The number of carbonyl (C=O) groups excluding carboxylic acids is 1. The van der Waals surface area contributed by atoms with Crippen molar-refractivity contribution in [3.63, 3.8) is 0 Å². The minimum atomic E-state index is -4.43. The molecule has 1 aliphatic heterocycles. The van der Waals surface area contributed by atoms with Gasteiger partial charge in [0.15, 0.2) is 0 Å². The number of hydrogen-bond acceptors (Lipinski definition) is 1. The van der Waals surface area contributed by atoms with E-state index in [0.29, 0.717) is 24.3 Å². The summed E-state index contributed by atoms with van der Waals surface area (Å²) in [7, 11) is 0. The molecule has 8 heteroatoms. The van der Waals surface area contributed by atoms with Gasteiger partial charge < -0.3 is 4.90 Å². The highest BCUT2D eigenvalue weighted by molar-refractivity contribution is 6.31. The van der Waals surface area contributed by atoms with E-state index in [1.54, 1.807) is 6.07 Å². The molecule has 2 aromatic rings. The Morgan fingerprint density at radius 3 is 2.52 bits per heavy atom. The van der Waals surface area contributed by atoms with Crippen LogP contribution in [0.4, 0.5) is 28.0 Å². The number of halogens is 5. The Morgan fingerprint density at radius 1 is 1.08 bits per heavy atom. The molecule has 1 heterocycles. The van der Waals surface area contributed by atoms with Gasteiger partial charge in [-0.2, -0.15) is 13.2 Å². The second-order valence-electron chi connectivity index (χ2n) is 5.65. The number of nitrogens with zero attached hydrogens (tertiary/aromatic N) is 2. The normalized spacial score (nSPS) is 15.2. The molecule has 1 aliphatic rings. The van der Waals surface area contributed by atoms with E-state index >= 15 is 0 Å². The molecule has 0 saturated carbocycles. The first-order valence-electron chi connectivity index (χ1n) is 7.43. The van der Waals surface area contributed by atoms with Crippen LogP contribution >= 0.6 is 11.6 Å². The van der Waals surface area contributed by atoms with Crippen molar-refractivity contribution in [2.75, 3.05) is 18.0 Å². The summed E-state index contributed by atoms with van der Waals surface area (Å²) in [5, 5.41) is -0.0957. The number of urea groups is 1. The van der Waals surface area contributed by atoms with E-state index in [0.717, 1.165) is 12.1 Å². The van der Waals surface area contributed by atoms with E-state index in [9.17, 15) is 22.4 Å².